The average molecular weight is 222 g/mol. The number of benzene rings is 1. The highest BCUT2D eigenvalue weighted by Crippen LogP contribution is 2.36. The third-order valence-electron chi connectivity index (χ3n) is 3.22. The fourth-order valence-corrected chi connectivity index (χ4v) is 2.51. The fourth-order valence-electron chi connectivity index (χ4n) is 2.32. The van der Waals surface area contributed by atoms with Gasteiger partial charge in [0, 0.05) is 11.2 Å². The summed E-state index contributed by atoms with van der Waals surface area (Å²) in [6.45, 7) is 0. The van der Waals surface area contributed by atoms with E-state index in [4.69, 9.17) is 5.73 Å². The SMILES string of the molecule is NC1(c2cccc(NCS)c2)CCCC1. The number of anilines is 1. The lowest BCUT2D eigenvalue weighted by Gasteiger charge is -2.24. The van der Waals surface area contributed by atoms with Crippen LogP contribution in [-0.4, -0.2) is 5.88 Å². The molecule has 0 spiro atoms. The van der Waals surface area contributed by atoms with E-state index in [0.29, 0.717) is 5.88 Å². The van der Waals surface area contributed by atoms with Crippen LogP contribution >= 0.6 is 12.6 Å². The van der Waals surface area contributed by atoms with Crippen LogP contribution in [-0.2, 0) is 5.54 Å². The van der Waals surface area contributed by atoms with E-state index in [1.165, 1.54) is 18.4 Å². The summed E-state index contributed by atoms with van der Waals surface area (Å²) in [6.07, 6.45) is 4.72. The van der Waals surface area contributed by atoms with Crippen LogP contribution in [0.25, 0.3) is 0 Å². The van der Waals surface area contributed by atoms with Gasteiger partial charge in [0.15, 0.2) is 0 Å². The second kappa shape index (κ2) is 4.45. The predicted octanol–water partition coefficient (Wildman–Crippen LogP) is 2.71. The minimum absolute atomic E-state index is 0.0890. The lowest BCUT2D eigenvalue weighted by Crippen LogP contribution is -2.33. The molecule has 1 aromatic carbocycles. The lowest BCUT2D eigenvalue weighted by molar-refractivity contribution is 0.462. The first-order chi connectivity index (χ1) is 7.24. The largest absolute Gasteiger partial charge is 0.376 e. The molecule has 15 heavy (non-hydrogen) atoms. The van der Waals surface area contributed by atoms with Crippen LogP contribution in [0.2, 0.25) is 0 Å². The molecule has 1 saturated carbocycles. The Kier molecular flexibility index (Phi) is 3.22. The van der Waals surface area contributed by atoms with Gasteiger partial charge in [-0.1, -0.05) is 25.0 Å². The summed E-state index contributed by atoms with van der Waals surface area (Å²) in [5.74, 6) is 0.654. The molecule has 0 aliphatic heterocycles. The van der Waals surface area contributed by atoms with Crippen molar-refractivity contribution in [2.45, 2.75) is 31.2 Å². The van der Waals surface area contributed by atoms with E-state index in [1.54, 1.807) is 0 Å². The second-order valence-electron chi connectivity index (χ2n) is 4.28. The summed E-state index contributed by atoms with van der Waals surface area (Å²) in [4.78, 5) is 0. The number of nitrogens with one attached hydrogen (secondary N) is 1. The Labute approximate surface area is 96.7 Å². The number of hydrogen-bond acceptors (Lipinski definition) is 3. The van der Waals surface area contributed by atoms with Crippen molar-refractivity contribution in [3.05, 3.63) is 29.8 Å². The first kappa shape index (κ1) is 10.8. The Bertz CT molecular complexity index is 332. The monoisotopic (exact) mass is 222 g/mol. The smallest absolute Gasteiger partial charge is 0.0581 e. The van der Waals surface area contributed by atoms with Crippen LogP contribution in [0.5, 0.6) is 0 Å². The van der Waals surface area contributed by atoms with E-state index in [9.17, 15) is 0 Å². The molecule has 0 radical (unpaired) electrons. The second-order valence-corrected chi connectivity index (χ2v) is 4.60. The van der Waals surface area contributed by atoms with Crippen LogP contribution in [0.15, 0.2) is 24.3 Å². The van der Waals surface area contributed by atoms with Gasteiger partial charge in [0.1, 0.15) is 0 Å². The topological polar surface area (TPSA) is 38.0 Å². The molecule has 2 nitrogen and oxygen atoms in total. The van der Waals surface area contributed by atoms with Gasteiger partial charge < -0.3 is 11.1 Å². The number of rotatable bonds is 3. The Balaban J connectivity index is 2.23. The van der Waals surface area contributed by atoms with Crippen molar-refractivity contribution in [3.8, 4) is 0 Å². The average Bonchev–Trinajstić information content (AvgIpc) is 2.68. The molecule has 0 atom stereocenters. The van der Waals surface area contributed by atoms with Gasteiger partial charge >= 0.3 is 0 Å². The molecular formula is C12H18N2S. The molecule has 2 rings (SSSR count). The third-order valence-corrected chi connectivity index (χ3v) is 3.37. The zero-order valence-electron chi connectivity index (χ0n) is 8.87. The lowest BCUT2D eigenvalue weighted by atomic mass is 9.89. The quantitative estimate of drug-likeness (QED) is 0.543. The molecule has 1 fully saturated rings. The van der Waals surface area contributed by atoms with Gasteiger partial charge in [0.05, 0.1) is 5.88 Å². The highest BCUT2D eigenvalue weighted by Gasteiger charge is 2.31. The van der Waals surface area contributed by atoms with Gasteiger partial charge in [0.25, 0.3) is 0 Å². The van der Waals surface area contributed by atoms with Crippen LogP contribution in [0.4, 0.5) is 5.69 Å². The Morgan fingerprint density at radius 1 is 1.33 bits per heavy atom. The summed E-state index contributed by atoms with van der Waals surface area (Å²) in [6, 6.07) is 8.41. The van der Waals surface area contributed by atoms with E-state index in [1.807, 2.05) is 0 Å². The molecule has 82 valence electrons. The van der Waals surface area contributed by atoms with Crippen LogP contribution < -0.4 is 11.1 Å². The number of hydrogen-bond donors (Lipinski definition) is 3. The van der Waals surface area contributed by atoms with Gasteiger partial charge in [-0.2, -0.15) is 12.6 Å². The van der Waals surface area contributed by atoms with Crippen LogP contribution in [0.3, 0.4) is 0 Å². The zero-order valence-corrected chi connectivity index (χ0v) is 9.76. The third kappa shape index (κ3) is 2.29. The molecule has 1 aliphatic carbocycles. The van der Waals surface area contributed by atoms with Gasteiger partial charge in [-0.05, 0) is 30.5 Å². The molecule has 0 aromatic heterocycles. The molecule has 1 aliphatic rings. The highest BCUT2D eigenvalue weighted by atomic mass is 32.1. The van der Waals surface area contributed by atoms with E-state index in [0.717, 1.165) is 18.5 Å². The van der Waals surface area contributed by atoms with E-state index >= 15 is 0 Å². The van der Waals surface area contributed by atoms with Crippen molar-refractivity contribution < 1.29 is 0 Å². The Hall–Kier alpha value is -0.670. The molecule has 0 saturated heterocycles. The van der Waals surface area contributed by atoms with Gasteiger partial charge in [-0.15, -0.1) is 0 Å². The zero-order chi connectivity index (χ0) is 10.7. The molecule has 0 heterocycles. The summed E-state index contributed by atoms with van der Waals surface area (Å²) in [5, 5.41) is 3.20. The summed E-state index contributed by atoms with van der Waals surface area (Å²) >= 11 is 4.15. The van der Waals surface area contributed by atoms with Crippen molar-refractivity contribution in [2.24, 2.45) is 5.73 Å². The Morgan fingerprint density at radius 3 is 2.73 bits per heavy atom. The maximum absolute atomic E-state index is 6.40. The standard InChI is InChI=1S/C12H18N2S/c13-12(6-1-2-7-12)10-4-3-5-11(8-10)14-9-15/h3-5,8,14-15H,1-2,6-7,9,13H2. The summed E-state index contributed by atoms with van der Waals surface area (Å²) in [7, 11) is 0. The van der Waals surface area contributed by atoms with Gasteiger partial charge in [0.2, 0.25) is 0 Å². The summed E-state index contributed by atoms with van der Waals surface area (Å²) < 4.78 is 0. The van der Waals surface area contributed by atoms with Crippen molar-refractivity contribution >= 4 is 18.3 Å². The normalized spacial score (nSPS) is 19.1. The minimum atomic E-state index is -0.0890. The molecule has 3 heteroatoms. The number of nitrogens with two attached hydrogens (primary N) is 1. The minimum Gasteiger partial charge on any atom is -0.376 e. The first-order valence-corrected chi connectivity index (χ1v) is 6.12. The molecule has 0 unspecified atom stereocenters. The Morgan fingerprint density at radius 2 is 2.07 bits per heavy atom. The predicted molar refractivity (Wildman–Crippen MR) is 68.3 cm³/mol. The van der Waals surface area contributed by atoms with Crippen molar-refractivity contribution in [1.29, 1.82) is 0 Å². The maximum Gasteiger partial charge on any atom is 0.0581 e. The van der Waals surface area contributed by atoms with Crippen molar-refractivity contribution in [3.63, 3.8) is 0 Å². The van der Waals surface area contributed by atoms with Crippen LogP contribution in [0, 0.1) is 0 Å². The molecular weight excluding hydrogens is 204 g/mol. The molecule has 0 amide bonds. The van der Waals surface area contributed by atoms with Gasteiger partial charge in [-0.25, -0.2) is 0 Å². The maximum atomic E-state index is 6.40. The van der Waals surface area contributed by atoms with Crippen LogP contribution in [0.1, 0.15) is 31.2 Å². The highest BCUT2D eigenvalue weighted by molar-refractivity contribution is 7.80. The van der Waals surface area contributed by atoms with Crippen molar-refractivity contribution in [1.82, 2.24) is 0 Å². The van der Waals surface area contributed by atoms with E-state index in [2.05, 4.69) is 42.2 Å². The van der Waals surface area contributed by atoms with Gasteiger partial charge in [-0.3, -0.25) is 0 Å². The molecule has 1 aromatic rings. The summed E-state index contributed by atoms with van der Waals surface area (Å²) in [5.41, 5.74) is 8.68. The molecule has 0 bridgehead atoms. The number of thiol groups is 1. The van der Waals surface area contributed by atoms with E-state index in [-0.39, 0.29) is 5.54 Å². The fraction of sp³-hybridized carbons (Fsp3) is 0.500. The van der Waals surface area contributed by atoms with E-state index < -0.39 is 0 Å². The van der Waals surface area contributed by atoms with Crippen molar-refractivity contribution in [2.75, 3.05) is 11.2 Å². The molecule has 3 N–H and O–H groups in total. The first-order valence-electron chi connectivity index (χ1n) is 5.49.